The van der Waals surface area contributed by atoms with Crippen molar-refractivity contribution in [3.8, 4) is 0 Å². The average molecular weight is 382 g/mol. The van der Waals surface area contributed by atoms with Gasteiger partial charge in [-0.2, -0.15) is 4.98 Å². The molecule has 2 aromatic rings. The molecule has 28 heavy (non-hydrogen) atoms. The van der Waals surface area contributed by atoms with E-state index >= 15 is 0 Å². The number of fused-ring (bicyclic) bond motifs is 1. The van der Waals surface area contributed by atoms with Crippen molar-refractivity contribution in [2.45, 2.75) is 57.2 Å². The van der Waals surface area contributed by atoms with Crippen LogP contribution in [-0.2, 0) is 4.74 Å². The summed E-state index contributed by atoms with van der Waals surface area (Å²) in [6.45, 7) is 2.98. The first kappa shape index (κ1) is 19.0. The van der Waals surface area contributed by atoms with Crippen molar-refractivity contribution in [1.29, 1.82) is 0 Å². The maximum absolute atomic E-state index is 5.78. The molecule has 1 atom stereocenters. The molecule has 2 aliphatic rings. The van der Waals surface area contributed by atoms with Gasteiger partial charge in [-0.3, -0.25) is 0 Å². The van der Waals surface area contributed by atoms with E-state index in [1.165, 1.54) is 0 Å². The van der Waals surface area contributed by atoms with Crippen LogP contribution in [0.25, 0.3) is 10.9 Å². The number of nitrogens with one attached hydrogen (secondary N) is 2. The second-order valence-corrected chi connectivity index (χ2v) is 8.19. The summed E-state index contributed by atoms with van der Waals surface area (Å²) >= 11 is 0. The zero-order valence-corrected chi connectivity index (χ0v) is 17.1. The Kier molecular flexibility index (Phi) is 5.67. The highest BCUT2D eigenvalue weighted by molar-refractivity contribution is 5.90. The van der Waals surface area contributed by atoms with Gasteiger partial charge in [0.15, 0.2) is 0 Å². The van der Waals surface area contributed by atoms with Crippen LogP contribution >= 0.6 is 0 Å². The number of rotatable bonds is 6. The molecule has 0 bridgehead atoms. The quantitative estimate of drug-likeness (QED) is 0.796. The molecular formula is C22H31N5O. The van der Waals surface area contributed by atoms with Gasteiger partial charge in [-0.05, 0) is 50.8 Å². The zero-order chi connectivity index (χ0) is 19.5. The molecule has 150 valence electrons. The van der Waals surface area contributed by atoms with E-state index in [4.69, 9.17) is 14.7 Å². The van der Waals surface area contributed by atoms with Gasteiger partial charge in [-0.25, -0.2) is 4.98 Å². The molecule has 1 unspecified atom stereocenters. The van der Waals surface area contributed by atoms with Crippen molar-refractivity contribution in [3.63, 3.8) is 0 Å². The minimum atomic E-state index is 0.339. The van der Waals surface area contributed by atoms with Gasteiger partial charge in [0, 0.05) is 38.0 Å². The van der Waals surface area contributed by atoms with Crippen LogP contribution in [0.5, 0.6) is 0 Å². The third-order valence-corrected chi connectivity index (χ3v) is 5.66. The summed E-state index contributed by atoms with van der Waals surface area (Å²) in [6, 6.07) is 9.18. The van der Waals surface area contributed by atoms with E-state index in [-0.39, 0.29) is 0 Å². The van der Waals surface area contributed by atoms with Crippen LogP contribution in [0.1, 0.15) is 39.0 Å². The topological polar surface area (TPSA) is 62.3 Å². The van der Waals surface area contributed by atoms with E-state index in [0.717, 1.165) is 67.1 Å². The standard InChI is InChI=1S/C22H31N5O/c1-15-8-13-18(28-15)14-23-16-9-11-17(12-10-16)24-22-25-20-7-5-4-6-19(20)21(26-22)27(2)3/h4-7,13,15-17,23H,8-12,14H2,1-3H3,(H,24,25,26)/t15?,16-,17+. The first-order valence-corrected chi connectivity index (χ1v) is 10.4. The summed E-state index contributed by atoms with van der Waals surface area (Å²) in [6.07, 6.45) is 8.16. The lowest BCUT2D eigenvalue weighted by Crippen LogP contribution is -2.38. The highest BCUT2D eigenvalue weighted by Gasteiger charge is 2.23. The fraction of sp³-hybridized carbons (Fsp3) is 0.545. The average Bonchev–Trinajstić information content (AvgIpc) is 3.12. The van der Waals surface area contributed by atoms with Gasteiger partial charge in [0.25, 0.3) is 0 Å². The lowest BCUT2D eigenvalue weighted by molar-refractivity contribution is 0.152. The number of hydrogen-bond donors (Lipinski definition) is 2. The predicted octanol–water partition coefficient (Wildman–Crippen LogP) is 3.70. The van der Waals surface area contributed by atoms with E-state index in [9.17, 15) is 0 Å². The molecule has 0 spiro atoms. The molecule has 0 amide bonds. The fourth-order valence-corrected chi connectivity index (χ4v) is 4.10. The van der Waals surface area contributed by atoms with E-state index < -0.39 is 0 Å². The van der Waals surface area contributed by atoms with Crippen molar-refractivity contribution in [1.82, 2.24) is 15.3 Å². The van der Waals surface area contributed by atoms with Crippen LogP contribution in [0.4, 0.5) is 11.8 Å². The monoisotopic (exact) mass is 381 g/mol. The van der Waals surface area contributed by atoms with Crippen molar-refractivity contribution in [2.24, 2.45) is 0 Å². The third kappa shape index (κ3) is 4.38. The van der Waals surface area contributed by atoms with Crippen LogP contribution in [0.2, 0.25) is 0 Å². The number of benzene rings is 1. The molecule has 1 fully saturated rings. The normalized spacial score (nSPS) is 24.7. The van der Waals surface area contributed by atoms with Crippen molar-refractivity contribution >= 4 is 22.7 Å². The second kappa shape index (κ2) is 8.35. The minimum absolute atomic E-state index is 0.339. The summed E-state index contributed by atoms with van der Waals surface area (Å²) < 4.78 is 5.78. The van der Waals surface area contributed by atoms with Crippen LogP contribution in [0.15, 0.2) is 36.1 Å². The summed E-state index contributed by atoms with van der Waals surface area (Å²) in [5, 5.41) is 8.32. The first-order valence-electron chi connectivity index (χ1n) is 10.4. The maximum Gasteiger partial charge on any atom is 0.225 e. The van der Waals surface area contributed by atoms with Crippen LogP contribution in [-0.4, -0.2) is 48.8 Å². The third-order valence-electron chi connectivity index (χ3n) is 5.66. The molecule has 2 N–H and O–H groups in total. The molecule has 2 heterocycles. The summed E-state index contributed by atoms with van der Waals surface area (Å²) in [4.78, 5) is 11.6. The van der Waals surface area contributed by atoms with Crippen molar-refractivity contribution in [3.05, 3.63) is 36.1 Å². The molecule has 1 aromatic heterocycles. The maximum atomic E-state index is 5.78. The smallest absolute Gasteiger partial charge is 0.225 e. The molecule has 6 heteroatoms. The SMILES string of the molecule is CC1CC=C(CN[C@H]2CC[C@@H](Nc3nc(N(C)C)c4ccccc4n3)CC2)O1. The van der Waals surface area contributed by atoms with E-state index in [2.05, 4.69) is 40.7 Å². The lowest BCUT2D eigenvalue weighted by Gasteiger charge is -2.30. The largest absolute Gasteiger partial charge is 0.494 e. The van der Waals surface area contributed by atoms with E-state index in [1.54, 1.807) is 0 Å². The Hall–Kier alpha value is -2.34. The highest BCUT2D eigenvalue weighted by atomic mass is 16.5. The Morgan fingerprint density at radius 2 is 1.82 bits per heavy atom. The number of anilines is 2. The van der Waals surface area contributed by atoms with Crippen LogP contribution < -0.4 is 15.5 Å². The summed E-state index contributed by atoms with van der Waals surface area (Å²) in [5.74, 6) is 2.80. The van der Waals surface area contributed by atoms with E-state index in [1.807, 2.05) is 26.2 Å². The molecule has 1 aliphatic carbocycles. The molecule has 0 saturated heterocycles. The molecule has 0 radical (unpaired) electrons. The molecule has 1 saturated carbocycles. The van der Waals surface area contributed by atoms with Crippen molar-refractivity contribution in [2.75, 3.05) is 30.9 Å². The number of para-hydroxylation sites is 1. The Morgan fingerprint density at radius 3 is 2.54 bits per heavy atom. The molecule has 4 rings (SSSR count). The number of aromatic nitrogens is 2. The zero-order valence-electron chi connectivity index (χ0n) is 17.1. The van der Waals surface area contributed by atoms with Crippen LogP contribution in [0.3, 0.4) is 0 Å². The van der Waals surface area contributed by atoms with Gasteiger partial charge < -0.3 is 20.3 Å². The number of hydrogen-bond acceptors (Lipinski definition) is 6. The van der Waals surface area contributed by atoms with Crippen LogP contribution in [0, 0.1) is 0 Å². The summed E-state index contributed by atoms with van der Waals surface area (Å²) in [7, 11) is 4.05. The van der Waals surface area contributed by atoms with Gasteiger partial charge in [0.05, 0.1) is 18.2 Å². The lowest BCUT2D eigenvalue weighted by atomic mass is 9.91. The number of ether oxygens (including phenoxy) is 1. The minimum Gasteiger partial charge on any atom is -0.494 e. The molecule has 1 aliphatic heterocycles. The second-order valence-electron chi connectivity index (χ2n) is 8.19. The number of nitrogens with zero attached hydrogens (tertiary/aromatic N) is 3. The Bertz CT molecular complexity index is 842. The molecule has 6 nitrogen and oxygen atoms in total. The highest BCUT2D eigenvalue weighted by Crippen LogP contribution is 2.26. The first-order chi connectivity index (χ1) is 13.6. The van der Waals surface area contributed by atoms with Gasteiger partial charge in [-0.15, -0.1) is 0 Å². The fourth-order valence-electron chi connectivity index (χ4n) is 4.10. The Labute approximate surface area is 167 Å². The van der Waals surface area contributed by atoms with Gasteiger partial charge in [0.1, 0.15) is 11.6 Å². The summed E-state index contributed by atoms with van der Waals surface area (Å²) in [5.41, 5.74) is 0.984. The van der Waals surface area contributed by atoms with Gasteiger partial charge in [-0.1, -0.05) is 12.1 Å². The molecule has 1 aromatic carbocycles. The van der Waals surface area contributed by atoms with E-state index in [0.29, 0.717) is 18.2 Å². The Morgan fingerprint density at radius 1 is 1.07 bits per heavy atom. The Balaban J connectivity index is 1.33. The molecular weight excluding hydrogens is 350 g/mol. The van der Waals surface area contributed by atoms with Gasteiger partial charge >= 0.3 is 0 Å². The van der Waals surface area contributed by atoms with Gasteiger partial charge in [0.2, 0.25) is 5.95 Å². The van der Waals surface area contributed by atoms with Crippen molar-refractivity contribution < 1.29 is 4.74 Å². The predicted molar refractivity (Wildman–Crippen MR) is 115 cm³/mol.